The zero-order valence-electron chi connectivity index (χ0n) is 17.1. The number of carbonyl (C=O) groups is 3. The van der Waals surface area contributed by atoms with Crippen LogP contribution in [0.2, 0.25) is 0 Å². The Bertz CT molecular complexity index is 800. The van der Waals surface area contributed by atoms with Crippen molar-refractivity contribution in [1.29, 1.82) is 0 Å². The fourth-order valence-electron chi connectivity index (χ4n) is 2.97. The molecule has 0 spiro atoms. The van der Waals surface area contributed by atoms with E-state index in [0.29, 0.717) is 17.1 Å². The van der Waals surface area contributed by atoms with Crippen LogP contribution in [0.25, 0.3) is 0 Å². The number of rotatable bonds is 7. The summed E-state index contributed by atoms with van der Waals surface area (Å²) in [5.41, 5.74) is 0.408. The minimum absolute atomic E-state index is 0.140. The molecule has 1 saturated heterocycles. The predicted molar refractivity (Wildman–Crippen MR) is 101 cm³/mol. The van der Waals surface area contributed by atoms with Crippen LogP contribution in [0.15, 0.2) is 18.2 Å². The Labute approximate surface area is 186 Å². The maximum absolute atomic E-state index is 12.7. The van der Waals surface area contributed by atoms with Crippen LogP contribution in [-0.2, 0) is 14.3 Å². The van der Waals surface area contributed by atoms with E-state index in [0.717, 1.165) is 26.2 Å². The number of Topliss-reactive ketones (excluding diaryl/α,β-unsaturated/α-hetero) is 1. The maximum atomic E-state index is 12.7. The molecule has 0 aliphatic carbocycles. The number of nitrogens with zero attached hydrogens (tertiary/aromatic N) is 2. The molecule has 166 valence electrons. The number of piperazine rings is 1. The minimum atomic E-state index is -1.06. The molecule has 1 aromatic carbocycles. The summed E-state index contributed by atoms with van der Waals surface area (Å²) in [6.45, 7) is 6.36. The third-order valence-electron chi connectivity index (χ3n) is 4.83. The summed E-state index contributed by atoms with van der Waals surface area (Å²) in [4.78, 5) is 40.3. The summed E-state index contributed by atoms with van der Waals surface area (Å²) in [6, 6.07) is 4.15. The van der Waals surface area contributed by atoms with Gasteiger partial charge >= 0.3 is 138 Å². The number of amides is 1. The number of nitrogens with one attached hydrogen (secondary N) is 1. The zero-order valence-corrected chi connectivity index (χ0v) is 19.2. The molecule has 2 atom stereocenters. The number of hydrogen-bond donors (Lipinski definition) is 1. The summed E-state index contributed by atoms with van der Waals surface area (Å²) in [6.07, 6.45) is -1.82. The fourth-order valence-corrected chi connectivity index (χ4v) is 4.15. The van der Waals surface area contributed by atoms with Crippen molar-refractivity contribution >= 4 is 17.8 Å². The van der Waals surface area contributed by atoms with E-state index in [1.807, 2.05) is 4.90 Å². The van der Waals surface area contributed by atoms with Gasteiger partial charge in [-0.2, -0.15) is 0 Å². The van der Waals surface area contributed by atoms with E-state index < -0.39 is 46.4 Å². The van der Waals surface area contributed by atoms with Crippen molar-refractivity contribution in [3.05, 3.63) is 23.8 Å². The molecule has 2 aliphatic heterocycles. The molecule has 1 aromatic rings. The molecule has 11 heteroatoms. The van der Waals surface area contributed by atoms with Gasteiger partial charge in [0.25, 0.3) is 0 Å². The molecule has 30 heavy (non-hydrogen) atoms. The van der Waals surface area contributed by atoms with Crippen molar-refractivity contribution < 1.29 is 52.0 Å². The van der Waals surface area contributed by atoms with E-state index in [4.69, 9.17) is 15.6 Å². The van der Waals surface area contributed by atoms with E-state index in [2.05, 4.69) is 5.32 Å². The molecule has 10 nitrogen and oxygen atoms in total. The first-order valence-electron chi connectivity index (χ1n) is 9.58. The Morgan fingerprint density at radius 3 is 2.60 bits per heavy atom. The molecule has 2 aliphatic rings. The first-order valence-corrected chi connectivity index (χ1v) is 11.3. The van der Waals surface area contributed by atoms with Crippen LogP contribution in [0.4, 0.5) is 4.79 Å². The van der Waals surface area contributed by atoms with Crippen LogP contribution in [0.3, 0.4) is 0 Å². The standard InChI is InChI=1S/C19H25IN3O7/c1-12(18(25)14-4-5-15-16(10-14)30-20-29-15)22(3)19(26)28-13(2)27-17(24)11-23-8-6-21-7-9-23/h4-5,10,12-13,21H,6-9,11H2,1-3H3/q-1. The van der Waals surface area contributed by atoms with Crippen molar-refractivity contribution in [2.24, 2.45) is 0 Å². The zero-order chi connectivity index (χ0) is 21.7. The number of halogens is 1. The summed E-state index contributed by atoms with van der Waals surface area (Å²) >= 11 is -0.827. The number of esters is 1. The number of ether oxygens (including phenoxy) is 2. The molecular formula is C19H25IN3O7-. The molecule has 3 rings (SSSR count). The molecule has 0 radical (unpaired) electrons. The molecule has 2 heterocycles. The van der Waals surface area contributed by atoms with Crippen molar-refractivity contribution in [3.63, 3.8) is 0 Å². The number of carbonyl (C=O) groups excluding carboxylic acids is 3. The van der Waals surface area contributed by atoms with Crippen LogP contribution in [0, 0.1) is 0 Å². The summed E-state index contributed by atoms with van der Waals surface area (Å²) in [7, 11) is 1.46. The quantitative estimate of drug-likeness (QED) is 0.181. The van der Waals surface area contributed by atoms with Gasteiger partial charge in [-0.3, -0.25) is 9.69 Å². The first kappa shape index (κ1) is 22.6. The Balaban J connectivity index is 1.48. The summed E-state index contributed by atoms with van der Waals surface area (Å²) in [5, 5.41) is 3.20. The van der Waals surface area contributed by atoms with Gasteiger partial charge in [0.2, 0.25) is 0 Å². The van der Waals surface area contributed by atoms with Gasteiger partial charge in [-0.05, 0) is 0 Å². The van der Waals surface area contributed by atoms with Crippen LogP contribution >= 0.6 is 0 Å². The van der Waals surface area contributed by atoms with Crippen molar-refractivity contribution in [3.8, 4) is 11.5 Å². The second-order valence-electron chi connectivity index (χ2n) is 7.00. The Kier molecular flexibility index (Phi) is 7.72. The number of ketones is 1. The van der Waals surface area contributed by atoms with Gasteiger partial charge in [-0.25, -0.2) is 0 Å². The monoisotopic (exact) mass is 534 g/mol. The second kappa shape index (κ2) is 10.3. The van der Waals surface area contributed by atoms with Crippen LogP contribution in [0.1, 0.15) is 24.2 Å². The molecule has 0 saturated carbocycles. The van der Waals surface area contributed by atoms with Gasteiger partial charge in [-0.1, -0.05) is 0 Å². The topological polar surface area (TPSA) is 107 Å². The number of likely N-dealkylation sites (N-methyl/N-ethyl adjacent to an activating group) is 1. The van der Waals surface area contributed by atoms with E-state index in [1.165, 1.54) is 18.9 Å². The summed E-state index contributed by atoms with van der Waals surface area (Å²) < 4.78 is 21.1. The Morgan fingerprint density at radius 1 is 1.17 bits per heavy atom. The molecule has 0 bridgehead atoms. The van der Waals surface area contributed by atoms with Crippen LogP contribution in [0.5, 0.6) is 11.5 Å². The van der Waals surface area contributed by atoms with Crippen molar-refractivity contribution in [2.75, 3.05) is 39.8 Å². The van der Waals surface area contributed by atoms with Gasteiger partial charge < -0.3 is 5.32 Å². The van der Waals surface area contributed by atoms with Gasteiger partial charge in [0.05, 0.1) is 6.54 Å². The first-order chi connectivity index (χ1) is 14.3. The number of benzene rings is 1. The predicted octanol–water partition coefficient (Wildman–Crippen LogP) is -2.19. The average molecular weight is 534 g/mol. The third kappa shape index (κ3) is 5.73. The molecular weight excluding hydrogens is 509 g/mol. The van der Waals surface area contributed by atoms with Crippen LogP contribution in [-0.4, -0.2) is 79.7 Å². The third-order valence-corrected chi connectivity index (χ3v) is 6.14. The molecule has 1 fully saturated rings. The van der Waals surface area contributed by atoms with Crippen LogP contribution < -0.4 is 33.5 Å². The van der Waals surface area contributed by atoms with Gasteiger partial charge in [0.15, 0.2) is 0 Å². The SMILES string of the molecule is CC(OC(=O)CN1CCNCC1)OC(=O)N(C)C(C)C(=O)c1ccc2c(c1)O[I-]O2. The molecule has 1 N–H and O–H groups in total. The molecule has 0 aromatic heterocycles. The Morgan fingerprint density at radius 2 is 1.87 bits per heavy atom. The van der Waals surface area contributed by atoms with Gasteiger partial charge in [-0.15, -0.1) is 0 Å². The number of hydrogen-bond acceptors (Lipinski definition) is 9. The average Bonchev–Trinajstić information content (AvgIpc) is 3.20. The molecule has 2 unspecified atom stereocenters. The second-order valence-corrected chi connectivity index (χ2v) is 8.24. The van der Waals surface area contributed by atoms with Gasteiger partial charge in [0.1, 0.15) is 0 Å². The number of fused-ring (bicyclic) bond motifs is 1. The van der Waals surface area contributed by atoms with Crippen molar-refractivity contribution in [2.45, 2.75) is 26.2 Å². The normalized spacial score (nSPS) is 18.0. The Hall–Kier alpha value is -2.12. The van der Waals surface area contributed by atoms with E-state index in [1.54, 1.807) is 25.1 Å². The summed E-state index contributed by atoms with van der Waals surface area (Å²) in [5.74, 6) is 0.425. The van der Waals surface area contributed by atoms with Crippen molar-refractivity contribution in [1.82, 2.24) is 15.1 Å². The fraction of sp³-hybridized carbons (Fsp3) is 0.526. The van der Waals surface area contributed by atoms with E-state index in [-0.39, 0.29) is 12.3 Å². The van der Waals surface area contributed by atoms with E-state index in [9.17, 15) is 14.4 Å². The molecule has 1 amide bonds. The van der Waals surface area contributed by atoms with E-state index >= 15 is 0 Å². The van der Waals surface area contributed by atoms with Gasteiger partial charge in [0, 0.05) is 26.2 Å².